The van der Waals surface area contributed by atoms with Gasteiger partial charge in [-0.3, -0.25) is 4.90 Å². The van der Waals surface area contributed by atoms with Crippen molar-refractivity contribution in [2.24, 2.45) is 5.92 Å². The second-order valence-corrected chi connectivity index (χ2v) is 7.28. The van der Waals surface area contributed by atoms with E-state index in [0.29, 0.717) is 12.6 Å². The molecule has 2 aromatic heterocycles. The number of fused-ring (bicyclic) bond motifs is 1. The summed E-state index contributed by atoms with van der Waals surface area (Å²) in [5.74, 6) is 2.01. The maximum Gasteiger partial charge on any atom is 0.126 e. The van der Waals surface area contributed by atoms with E-state index < -0.39 is 0 Å². The van der Waals surface area contributed by atoms with Gasteiger partial charge >= 0.3 is 0 Å². The van der Waals surface area contributed by atoms with E-state index in [1.54, 1.807) is 11.3 Å². The van der Waals surface area contributed by atoms with Crippen molar-refractivity contribution in [3.8, 4) is 0 Å². The van der Waals surface area contributed by atoms with Gasteiger partial charge in [0.15, 0.2) is 0 Å². The van der Waals surface area contributed by atoms with Crippen molar-refractivity contribution < 1.29 is 4.74 Å². The molecule has 0 aromatic carbocycles. The molecule has 1 atom stereocenters. The smallest absolute Gasteiger partial charge is 0.126 e. The van der Waals surface area contributed by atoms with Gasteiger partial charge in [-0.05, 0) is 48.1 Å². The van der Waals surface area contributed by atoms with Crippen LogP contribution >= 0.6 is 11.3 Å². The number of imidazole rings is 1. The first-order chi connectivity index (χ1) is 10.8. The normalized spacial score (nSPS) is 22.0. The Hall–Kier alpha value is -1.17. The van der Waals surface area contributed by atoms with Gasteiger partial charge < -0.3 is 9.30 Å². The number of aromatic nitrogens is 2. The van der Waals surface area contributed by atoms with E-state index in [1.807, 2.05) is 6.20 Å². The monoisotopic (exact) mass is 317 g/mol. The molecule has 0 amide bonds. The third-order valence-corrected chi connectivity index (χ3v) is 5.50. The fraction of sp³-hybridized carbons (Fsp3) is 0.588. The summed E-state index contributed by atoms with van der Waals surface area (Å²) in [4.78, 5) is 7.19. The van der Waals surface area contributed by atoms with Crippen molar-refractivity contribution in [1.82, 2.24) is 14.5 Å². The van der Waals surface area contributed by atoms with E-state index in [1.165, 1.54) is 29.9 Å². The first-order valence-corrected chi connectivity index (χ1v) is 9.12. The van der Waals surface area contributed by atoms with E-state index in [9.17, 15) is 0 Å². The van der Waals surface area contributed by atoms with E-state index in [-0.39, 0.29) is 0 Å². The van der Waals surface area contributed by atoms with Crippen molar-refractivity contribution in [3.05, 3.63) is 40.1 Å². The van der Waals surface area contributed by atoms with Gasteiger partial charge in [-0.15, -0.1) is 0 Å². The summed E-state index contributed by atoms with van der Waals surface area (Å²) in [6.07, 6.45) is 4.70. The SMILES string of the molecule is CC1c2ncc(COCC3CC3)n2CCN1Cc1ccsc1. The van der Waals surface area contributed by atoms with Crippen molar-refractivity contribution in [2.75, 3.05) is 13.2 Å². The van der Waals surface area contributed by atoms with Gasteiger partial charge in [-0.1, -0.05) is 0 Å². The van der Waals surface area contributed by atoms with Crippen molar-refractivity contribution >= 4 is 11.3 Å². The first kappa shape index (κ1) is 14.4. The maximum absolute atomic E-state index is 5.84. The lowest BCUT2D eigenvalue weighted by Crippen LogP contribution is -2.37. The maximum atomic E-state index is 5.84. The quantitative estimate of drug-likeness (QED) is 0.817. The largest absolute Gasteiger partial charge is 0.375 e. The minimum absolute atomic E-state index is 0.367. The fourth-order valence-corrected chi connectivity index (χ4v) is 3.83. The van der Waals surface area contributed by atoms with E-state index >= 15 is 0 Å². The Labute approximate surface area is 135 Å². The molecule has 0 N–H and O–H groups in total. The average Bonchev–Trinajstić information content (AvgIpc) is 3.03. The second kappa shape index (κ2) is 6.14. The molecule has 118 valence electrons. The van der Waals surface area contributed by atoms with Crippen LogP contribution in [0.3, 0.4) is 0 Å². The van der Waals surface area contributed by atoms with Gasteiger partial charge in [0, 0.05) is 26.2 Å². The van der Waals surface area contributed by atoms with Crippen LogP contribution in [0, 0.1) is 5.92 Å². The minimum atomic E-state index is 0.367. The molecular formula is C17H23N3OS. The first-order valence-electron chi connectivity index (χ1n) is 8.18. The summed E-state index contributed by atoms with van der Waals surface area (Å²) in [6, 6.07) is 2.58. The molecular weight excluding hydrogens is 294 g/mol. The predicted octanol–water partition coefficient (Wildman–Crippen LogP) is 3.45. The van der Waals surface area contributed by atoms with Gasteiger partial charge in [0.05, 0.1) is 24.5 Å². The van der Waals surface area contributed by atoms with Crippen LogP contribution in [0.4, 0.5) is 0 Å². The van der Waals surface area contributed by atoms with Crippen molar-refractivity contribution in [3.63, 3.8) is 0 Å². The molecule has 0 radical (unpaired) electrons. The summed E-state index contributed by atoms with van der Waals surface area (Å²) in [5, 5.41) is 4.39. The van der Waals surface area contributed by atoms with E-state index in [2.05, 4.69) is 38.2 Å². The van der Waals surface area contributed by atoms with Crippen LogP contribution in [0.15, 0.2) is 23.0 Å². The Balaban J connectivity index is 1.42. The Morgan fingerprint density at radius 1 is 1.36 bits per heavy atom. The lowest BCUT2D eigenvalue weighted by Gasteiger charge is -2.34. The molecule has 0 saturated heterocycles. The van der Waals surface area contributed by atoms with Gasteiger partial charge in [-0.2, -0.15) is 11.3 Å². The summed E-state index contributed by atoms with van der Waals surface area (Å²) < 4.78 is 8.21. The Bertz CT molecular complexity index is 618. The van der Waals surface area contributed by atoms with Crippen molar-refractivity contribution in [2.45, 2.75) is 45.5 Å². The molecule has 3 heterocycles. The van der Waals surface area contributed by atoms with Crippen LogP contribution in [0.5, 0.6) is 0 Å². The Kier molecular flexibility index (Phi) is 4.03. The lowest BCUT2D eigenvalue weighted by molar-refractivity contribution is 0.101. The number of rotatable bonds is 6. The predicted molar refractivity (Wildman–Crippen MR) is 87.8 cm³/mol. The third kappa shape index (κ3) is 2.98. The molecule has 22 heavy (non-hydrogen) atoms. The van der Waals surface area contributed by atoms with Crippen molar-refractivity contribution in [1.29, 1.82) is 0 Å². The van der Waals surface area contributed by atoms with Crippen LogP contribution in [-0.2, 0) is 24.4 Å². The van der Waals surface area contributed by atoms with E-state index in [4.69, 9.17) is 4.74 Å². The highest BCUT2D eigenvalue weighted by Gasteiger charge is 2.27. The molecule has 1 aliphatic heterocycles. The molecule has 4 nitrogen and oxygen atoms in total. The third-order valence-electron chi connectivity index (χ3n) is 4.77. The summed E-state index contributed by atoms with van der Waals surface area (Å²) in [7, 11) is 0. The van der Waals surface area contributed by atoms with E-state index in [0.717, 1.165) is 32.2 Å². The molecule has 4 rings (SSSR count). The van der Waals surface area contributed by atoms with Gasteiger partial charge in [-0.25, -0.2) is 4.98 Å². The van der Waals surface area contributed by atoms with Crippen LogP contribution in [-0.4, -0.2) is 27.6 Å². The second-order valence-electron chi connectivity index (χ2n) is 6.50. The molecule has 0 spiro atoms. The average molecular weight is 317 g/mol. The number of hydrogen-bond acceptors (Lipinski definition) is 4. The number of thiophene rings is 1. The summed E-state index contributed by atoms with van der Waals surface area (Å²) >= 11 is 1.77. The highest BCUT2D eigenvalue weighted by atomic mass is 32.1. The lowest BCUT2D eigenvalue weighted by atomic mass is 10.2. The minimum Gasteiger partial charge on any atom is -0.375 e. The zero-order valence-corrected chi connectivity index (χ0v) is 13.9. The standard InChI is InChI=1S/C17H23N3OS/c1-13-17-18-8-16(11-21-10-14-2-3-14)20(17)6-5-19(13)9-15-4-7-22-12-15/h4,7-8,12-14H,2-3,5-6,9-11H2,1H3. The molecule has 5 heteroatoms. The van der Waals surface area contributed by atoms with Crippen LogP contribution in [0.1, 0.15) is 42.9 Å². The summed E-state index contributed by atoms with van der Waals surface area (Å²) in [6.45, 7) is 7.01. The highest BCUT2D eigenvalue weighted by Crippen LogP contribution is 2.30. The zero-order chi connectivity index (χ0) is 14.9. The Morgan fingerprint density at radius 2 is 2.27 bits per heavy atom. The van der Waals surface area contributed by atoms with Crippen LogP contribution in [0.2, 0.25) is 0 Å². The molecule has 2 aromatic rings. The molecule has 2 aliphatic rings. The number of hydrogen-bond donors (Lipinski definition) is 0. The zero-order valence-electron chi connectivity index (χ0n) is 13.1. The molecule has 0 bridgehead atoms. The van der Waals surface area contributed by atoms with Crippen LogP contribution < -0.4 is 0 Å². The topological polar surface area (TPSA) is 30.3 Å². The van der Waals surface area contributed by atoms with Gasteiger partial charge in [0.25, 0.3) is 0 Å². The molecule has 1 fully saturated rings. The van der Waals surface area contributed by atoms with Gasteiger partial charge in [0.1, 0.15) is 5.82 Å². The fourth-order valence-electron chi connectivity index (χ4n) is 3.17. The number of ether oxygens (including phenoxy) is 1. The number of nitrogens with zero attached hydrogens (tertiary/aromatic N) is 3. The summed E-state index contributed by atoms with van der Waals surface area (Å²) in [5.41, 5.74) is 2.64. The molecule has 1 unspecified atom stereocenters. The molecule has 1 saturated carbocycles. The van der Waals surface area contributed by atoms with Crippen LogP contribution in [0.25, 0.3) is 0 Å². The highest BCUT2D eigenvalue weighted by molar-refractivity contribution is 7.07. The molecule has 1 aliphatic carbocycles. The Morgan fingerprint density at radius 3 is 3.05 bits per heavy atom. The van der Waals surface area contributed by atoms with Gasteiger partial charge in [0.2, 0.25) is 0 Å².